The third kappa shape index (κ3) is 4.18. The molecule has 0 aliphatic heterocycles. The summed E-state index contributed by atoms with van der Waals surface area (Å²) in [7, 11) is -6.00. The lowest BCUT2D eigenvalue weighted by Crippen LogP contribution is -2.28. The van der Waals surface area contributed by atoms with Gasteiger partial charge in [-0.15, -0.1) is 0 Å². The average Bonchev–Trinajstić information content (AvgIpc) is 2.35. The van der Waals surface area contributed by atoms with Gasteiger partial charge in [-0.05, 0) is 12.1 Å². The van der Waals surface area contributed by atoms with Crippen LogP contribution >= 0.6 is 0 Å². The van der Waals surface area contributed by atoms with Gasteiger partial charge in [0.05, 0.1) is 4.92 Å². The van der Waals surface area contributed by atoms with Crippen LogP contribution in [0.15, 0.2) is 24.3 Å². The minimum Gasteiger partial charge on any atom is -0.478 e. The molecule has 0 aromatic heterocycles. The lowest BCUT2D eigenvalue weighted by Gasteiger charge is -2.11. The molecule has 1 aromatic rings. The van der Waals surface area contributed by atoms with E-state index >= 15 is 0 Å². The minimum absolute atomic E-state index is 0.451. The number of rotatable bonds is 5. The van der Waals surface area contributed by atoms with Crippen molar-refractivity contribution in [3.05, 3.63) is 40.0 Å². The first-order valence-electron chi connectivity index (χ1n) is 5.14. The van der Waals surface area contributed by atoms with E-state index in [1.54, 1.807) is 0 Å². The number of nitro benzene ring substituents is 1. The molecule has 0 amide bonds. The molecule has 0 aliphatic carbocycles. The fourth-order valence-corrected chi connectivity index (χ4v) is 1.66. The number of hydrogen-bond donors (Lipinski definition) is 1. The fraction of sp³-hybridized carbons (Fsp3) is 0.100. The van der Waals surface area contributed by atoms with E-state index in [0.29, 0.717) is 30.4 Å². The van der Waals surface area contributed by atoms with Crippen molar-refractivity contribution in [2.45, 2.75) is 5.51 Å². The Kier molecular flexibility index (Phi) is 4.76. The minimum atomic E-state index is -6.00. The Morgan fingerprint density at radius 1 is 1.36 bits per heavy atom. The van der Waals surface area contributed by atoms with Gasteiger partial charge >= 0.3 is 21.6 Å². The maximum absolute atomic E-state index is 12.2. The maximum Gasteiger partial charge on any atom is 0.534 e. The molecule has 0 unspecified atom stereocenters. The van der Waals surface area contributed by atoms with Crippen molar-refractivity contribution in [1.82, 2.24) is 0 Å². The van der Waals surface area contributed by atoms with Gasteiger partial charge in [-0.2, -0.15) is 21.6 Å². The molecular weight excluding hydrogens is 335 g/mol. The van der Waals surface area contributed by atoms with Crippen molar-refractivity contribution in [2.24, 2.45) is 0 Å². The smallest absolute Gasteiger partial charge is 0.478 e. The summed E-state index contributed by atoms with van der Waals surface area (Å²) in [5.41, 5.74) is -6.83. The van der Waals surface area contributed by atoms with E-state index in [4.69, 9.17) is 5.11 Å². The SMILES string of the molecule is O=C(O)C=Cc1cc([N+](=O)[O-])ccc1OS(=O)(=O)C(F)(F)F. The number of carboxylic acid groups (broad SMARTS) is 1. The second-order valence-electron chi connectivity index (χ2n) is 3.63. The number of halogens is 3. The Morgan fingerprint density at radius 2 is 1.95 bits per heavy atom. The second kappa shape index (κ2) is 6.01. The molecule has 0 spiro atoms. The zero-order valence-electron chi connectivity index (χ0n) is 10.3. The lowest BCUT2D eigenvalue weighted by molar-refractivity contribution is -0.384. The summed E-state index contributed by atoms with van der Waals surface area (Å²) in [5, 5.41) is 19.0. The first-order valence-corrected chi connectivity index (χ1v) is 6.55. The van der Waals surface area contributed by atoms with Crippen LogP contribution in [0.4, 0.5) is 18.9 Å². The average molecular weight is 341 g/mol. The summed E-state index contributed by atoms with van der Waals surface area (Å²) in [5.74, 6) is -2.41. The van der Waals surface area contributed by atoms with E-state index in [-0.39, 0.29) is 0 Å². The summed E-state index contributed by atoms with van der Waals surface area (Å²) >= 11 is 0. The number of nitrogens with zero attached hydrogens (tertiary/aromatic N) is 1. The van der Waals surface area contributed by atoms with Crippen LogP contribution in [0, 0.1) is 10.1 Å². The standard InChI is InChI=1S/C10H6F3NO7S/c11-10(12,13)22(19,20)21-8-3-2-7(14(17)18)5-6(8)1-4-9(15)16/h1-5H,(H,15,16). The molecule has 0 fully saturated rings. The summed E-state index contributed by atoms with van der Waals surface area (Å²) in [4.78, 5) is 20.1. The van der Waals surface area contributed by atoms with Crippen LogP contribution in [0.5, 0.6) is 5.75 Å². The topological polar surface area (TPSA) is 124 Å². The van der Waals surface area contributed by atoms with E-state index in [9.17, 15) is 36.5 Å². The molecule has 120 valence electrons. The predicted molar refractivity (Wildman–Crippen MR) is 65.4 cm³/mol. The Hall–Kier alpha value is -2.63. The largest absolute Gasteiger partial charge is 0.534 e. The molecule has 0 heterocycles. The third-order valence-corrected chi connectivity index (χ3v) is 3.06. The molecule has 0 radical (unpaired) electrons. The van der Waals surface area contributed by atoms with Gasteiger partial charge < -0.3 is 9.29 Å². The first-order chi connectivity index (χ1) is 9.94. The van der Waals surface area contributed by atoms with Gasteiger partial charge in [-0.3, -0.25) is 10.1 Å². The van der Waals surface area contributed by atoms with Gasteiger partial charge in [0.15, 0.2) is 5.75 Å². The van der Waals surface area contributed by atoms with E-state index in [1.165, 1.54) is 0 Å². The van der Waals surface area contributed by atoms with Crippen LogP contribution in [-0.2, 0) is 14.9 Å². The first kappa shape index (κ1) is 17.4. The van der Waals surface area contributed by atoms with Gasteiger partial charge in [0.25, 0.3) is 5.69 Å². The summed E-state index contributed by atoms with van der Waals surface area (Å²) in [6.45, 7) is 0. The highest BCUT2D eigenvalue weighted by molar-refractivity contribution is 7.88. The molecule has 1 aromatic carbocycles. The van der Waals surface area contributed by atoms with Crippen LogP contribution in [0.1, 0.15) is 5.56 Å². The van der Waals surface area contributed by atoms with Crippen LogP contribution in [0.25, 0.3) is 6.08 Å². The fourth-order valence-electron chi connectivity index (χ4n) is 1.18. The molecule has 12 heteroatoms. The molecule has 22 heavy (non-hydrogen) atoms. The van der Waals surface area contributed by atoms with Crippen molar-refractivity contribution in [2.75, 3.05) is 0 Å². The van der Waals surface area contributed by atoms with E-state index in [2.05, 4.69) is 4.18 Å². The maximum atomic E-state index is 12.2. The number of benzene rings is 1. The van der Waals surface area contributed by atoms with Gasteiger partial charge in [-0.25, -0.2) is 4.79 Å². The van der Waals surface area contributed by atoms with E-state index < -0.39 is 43.5 Å². The highest BCUT2D eigenvalue weighted by atomic mass is 32.2. The molecule has 0 aliphatic rings. The van der Waals surface area contributed by atoms with Gasteiger partial charge in [0.1, 0.15) is 0 Å². The lowest BCUT2D eigenvalue weighted by atomic mass is 10.1. The van der Waals surface area contributed by atoms with Crippen molar-refractivity contribution in [3.63, 3.8) is 0 Å². The van der Waals surface area contributed by atoms with Crippen molar-refractivity contribution in [1.29, 1.82) is 0 Å². The van der Waals surface area contributed by atoms with E-state index in [1.807, 2.05) is 0 Å². The number of alkyl halides is 3. The zero-order valence-corrected chi connectivity index (χ0v) is 11.1. The number of carbonyl (C=O) groups is 1. The molecule has 1 rings (SSSR count). The molecule has 0 bridgehead atoms. The third-order valence-electron chi connectivity index (χ3n) is 2.09. The van der Waals surface area contributed by atoms with Gasteiger partial charge in [-0.1, -0.05) is 0 Å². The Labute approximate surface area is 120 Å². The highest BCUT2D eigenvalue weighted by Gasteiger charge is 2.48. The molecule has 0 saturated carbocycles. The molecule has 0 atom stereocenters. The number of aliphatic carboxylic acids is 1. The summed E-state index contributed by atoms with van der Waals surface area (Å²) in [6, 6.07) is 1.99. The van der Waals surface area contributed by atoms with Crippen molar-refractivity contribution >= 4 is 27.9 Å². The Bertz CT molecular complexity index is 739. The van der Waals surface area contributed by atoms with Gasteiger partial charge in [0.2, 0.25) is 0 Å². The second-order valence-corrected chi connectivity index (χ2v) is 5.17. The van der Waals surface area contributed by atoms with Crippen LogP contribution in [-0.4, -0.2) is 29.9 Å². The Balaban J connectivity index is 3.35. The highest BCUT2D eigenvalue weighted by Crippen LogP contribution is 2.31. The molecular formula is C10H6F3NO7S. The number of carboxylic acids is 1. The summed E-state index contributed by atoms with van der Waals surface area (Å²) < 4.78 is 62.4. The quantitative estimate of drug-likeness (QED) is 0.285. The van der Waals surface area contributed by atoms with Crippen molar-refractivity contribution in [3.8, 4) is 5.75 Å². The number of hydrogen-bond acceptors (Lipinski definition) is 6. The number of nitro groups is 1. The predicted octanol–water partition coefficient (Wildman–Crippen LogP) is 1.92. The van der Waals surface area contributed by atoms with Crippen LogP contribution in [0.2, 0.25) is 0 Å². The Morgan fingerprint density at radius 3 is 2.41 bits per heavy atom. The van der Waals surface area contributed by atoms with Crippen LogP contribution in [0.3, 0.4) is 0 Å². The molecule has 8 nitrogen and oxygen atoms in total. The summed E-state index contributed by atoms with van der Waals surface area (Å²) in [6.07, 6.45) is 1.11. The van der Waals surface area contributed by atoms with Gasteiger partial charge in [0, 0.05) is 23.8 Å². The van der Waals surface area contributed by atoms with Crippen LogP contribution < -0.4 is 4.18 Å². The zero-order chi connectivity index (χ0) is 17.1. The van der Waals surface area contributed by atoms with E-state index in [0.717, 1.165) is 0 Å². The number of non-ortho nitro benzene ring substituents is 1. The van der Waals surface area contributed by atoms with Crippen molar-refractivity contribution < 1.29 is 40.6 Å². The molecule has 1 N–H and O–H groups in total. The monoisotopic (exact) mass is 341 g/mol. The molecule has 0 saturated heterocycles. The normalized spacial score (nSPS) is 12.3.